The van der Waals surface area contributed by atoms with Gasteiger partial charge in [0.25, 0.3) is 0 Å². The van der Waals surface area contributed by atoms with Gasteiger partial charge in [-0.25, -0.2) is 0 Å². The fourth-order valence-electron chi connectivity index (χ4n) is 3.23. The molecule has 2 heterocycles. The highest BCUT2D eigenvalue weighted by atomic mass is 16.7. The van der Waals surface area contributed by atoms with Gasteiger partial charge in [0.15, 0.2) is 6.29 Å². The van der Waals surface area contributed by atoms with E-state index in [4.69, 9.17) is 14.6 Å². The molecule has 6 heteroatoms. The normalized spacial score (nSPS) is 22.0. The van der Waals surface area contributed by atoms with E-state index in [-0.39, 0.29) is 18.4 Å². The zero-order chi connectivity index (χ0) is 19.8. The highest BCUT2D eigenvalue weighted by Crippen LogP contribution is 2.40. The fourth-order valence-corrected chi connectivity index (χ4v) is 3.23. The number of hydrogen-bond acceptors (Lipinski definition) is 5. The molecule has 1 saturated heterocycles. The van der Waals surface area contributed by atoms with Crippen LogP contribution in [0.2, 0.25) is 0 Å². The van der Waals surface area contributed by atoms with Gasteiger partial charge in [0.05, 0.1) is 24.3 Å². The Bertz CT molecular complexity index is 860. The molecule has 144 valence electrons. The molecule has 0 spiro atoms. The summed E-state index contributed by atoms with van der Waals surface area (Å²) < 4.78 is 12.2. The predicted octanol–water partition coefficient (Wildman–Crippen LogP) is 4.17. The van der Waals surface area contributed by atoms with Crippen molar-refractivity contribution < 1.29 is 19.4 Å². The molecule has 3 unspecified atom stereocenters. The molecular weight excluding hydrogens is 356 g/mol. The highest BCUT2D eigenvalue weighted by molar-refractivity contribution is 5.66. The van der Waals surface area contributed by atoms with Gasteiger partial charge in [-0.2, -0.15) is 5.26 Å². The monoisotopic (exact) mass is 378 g/mol. The van der Waals surface area contributed by atoms with E-state index in [0.29, 0.717) is 30.6 Å². The first-order valence-electron chi connectivity index (χ1n) is 9.22. The molecule has 0 bridgehead atoms. The molecule has 1 aliphatic rings. The van der Waals surface area contributed by atoms with Gasteiger partial charge in [0.1, 0.15) is 0 Å². The number of rotatable bonds is 7. The van der Waals surface area contributed by atoms with Crippen molar-refractivity contribution in [1.29, 1.82) is 5.26 Å². The molecule has 0 radical (unpaired) electrons. The molecule has 6 nitrogen and oxygen atoms in total. The molecule has 1 aliphatic heterocycles. The molecule has 28 heavy (non-hydrogen) atoms. The summed E-state index contributed by atoms with van der Waals surface area (Å²) in [6.07, 6.45) is 7.82. The van der Waals surface area contributed by atoms with E-state index in [1.807, 2.05) is 42.5 Å². The Hall–Kier alpha value is -3.01. The van der Waals surface area contributed by atoms with Crippen LogP contribution in [0.3, 0.4) is 0 Å². The minimum Gasteiger partial charge on any atom is -0.481 e. The summed E-state index contributed by atoms with van der Waals surface area (Å²) in [6, 6.07) is 13.3. The summed E-state index contributed by atoms with van der Waals surface area (Å²) in [7, 11) is 0. The number of aliphatic carboxylic acids is 1. The first-order valence-corrected chi connectivity index (χ1v) is 9.22. The number of allylic oxidation sites excluding steroid dienone is 2. The zero-order valence-corrected chi connectivity index (χ0v) is 15.4. The summed E-state index contributed by atoms with van der Waals surface area (Å²) in [4.78, 5) is 14.8. The van der Waals surface area contributed by atoms with Crippen molar-refractivity contribution in [1.82, 2.24) is 4.98 Å². The topological polar surface area (TPSA) is 92.4 Å². The molecule has 0 aliphatic carbocycles. The number of aromatic nitrogens is 1. The highest BCUT2D eigenvalue weighted by Gasteiger charge is 2.34. The third-order valence-corrected chi connectivity index (χ3v) is 4.64. The second-order valence-corrected chi connectivity index (χ2v) is 6.61. The molecule has 2 aromatic rings. The van der Waals surface area contributed by atoms with Gasteiger partial charge in [-0.15, -0.1) is 0 Å². The number of ether oxygens (including phenoxy) is 2. The average Bonchev–Trinajstić information content (AvgIpc) is 2.74. The largest absolute Gasteiger partial charge is 0.481 e. The lowest BCUT2D eigenvalue weighted by molar-refractivity contribution is -0.244. The van der Waals surface area contributed by atoms with Crippen LogP contribution >= 0.6 is 0 Å². The van der Waals surface area contributed by atoms with Crippen LogP contribution in [-0.2, 0) is 14.3 Å². The van der Waals surface area contributed by atoms with Crippen LogP contribution in [-0.4, -0.2) is 22.7 Å². The minimum absolute atomic E-state index is 0.0655. The van der Waals surface area contributed by atoms with Crippen LogP contribution in [0.25, 0.3) is 0 Å². The summed E-state index contributed by atoms with van der Waals surface area (Å²) in [5, 5.41) is 18.1. The van der Waals surface area contributed by atoms with Crippen LogP contribution < -0.4 is 0 Å². The van der Waals surface area contributed by atoms with Crippen LogP contribution in [0.4, 0.5) is 0 Å². The second-order valence-electron chi connectivity index (χ2n) is 6.61. The molecule has 1 N–H and O–H groups in total. The first kappa shape index (κ1) is 19.7. The lowest BCUT2D eigenvalue weighted by Crippen LogP contribution is -2.30. The standard InChI is InChI=1S/C22H22N2O4/c23-13-16-7-4-5-10-19(16)22-27-15-18(8-2-1-3-11-20(25)26)21(28-22)17-9-6-12-24-14-17/h1-2,4-7,9-10,12,14,18,21-22H,3,8,11,15H2,(H,25,26)/b2-1-. The van der Waals surface area contributed by atoms with Crippen molar-refractivity contribution in [3.8, 4) is 6.07 Å². The number of carboxylic acids is 1. The van der Waals surface area contributed by atoms with Crippen molar-refractivity contribution in [2.24, 2.45) is 5.92 Å². The molecule has 1 aromatic carbocycles. The maximum Gasteiger partial charge on any atom is 0.303 e. The molecule has 1 fully saturated rings. The average molecular weight is 378 g/mol. The van der Waals surface area contributed by atoms with E-state index in [9.17, 15) is 10.1 Å². The van der Waals surface area contributed by atoms with Crippen molar-refractivity contribution >= 4 is 5.97 Å². The van der Waals surface area contributed by atoms with Crippen LogP contribution in [0.1, 0.15) is 48.3 Å². The number of hydrogen-bond donors (Lipinski definition) is 1. The number of nitrogens with zero attached hydrogens (tertiary/aromatic N) is 2. The molecule has 0 amide bonds. The van der Waals surface area contributed by atoms with E-state index < -0.39 is 12.3 Å². The predicted molar refractivity (Wildman–Crippen MR) is 102 cm³/mol. The quantitative estimate of drug-likeness (QED) is 0.727. The van der Waals surface area contributed by atoms with Gasteiger partial charge in [-0.1, -0.05) is 36.4 Å². The SMILES string of the molecule is N#Cc1ccccc1C1OCC(C/C=C\CCC(=O)O)C(c2cccnc2)O1. The molecular formula is C22H22N2O4. The smallest absolute Gasteiger partial charge is 0.303 e. The Morgan fingerprint density at radius 1 is 1.29 bits per heavy atom. The van der Waals surface area contributed by atoms with Crippen molar-refractivity contribution in [2.75, 3.05) is 6.61 Å². The van der Waals surface area contributed by atoms with Crippen molar-refractivity contribution in [2.45, 2.75) is 31.7 Å². The van der Waals surface area contributed by atoms with Crippen LogP contribution in [0.15, 0.2) is 60.9 Å². The Morgan fingerprint density at radius 3 is 2.89 bits per heavy atom. The Labute approximate surface area is 164 Å². The first-order chi connectivity index (χ1) is 13.7. The van der Waals surface area contributed by atoms with Crippen molar-refractivity contribution in [3.63, 3.8) is 0 Å². The number of carboxylic acid groups (broad SMARTS) is 1. The maximum atomic E-state index is 10.6. The lowest BCUT2D eigenvalue weighted by Gasteiger charge is -2.36. The maximum absolute atomic E-state index is 10.6. The van der Waals surface area contributed by atoms with E-state index in [0.717, 1.165) is 5.56 Å². The van der Waals surface area contributed by atoms with E-state index in [1.54, 1.807) is 18.5 Å². The van der Waals surface area contributed by atoms with Crippen molar-refractivity contribution in [3.05, 3.63) is 77.6 Å². The minimum atomic E-state index is -0.804. The third kappa shape index (κ3) is 5.03. The zero-order valence-electron chi connectivity index (χ0n) is 15.4. The summed E-state index contributed by atoms with van der Waals surface area (Å²) in [5.74, 6) is -0.739. The van der Waals surface area contributed by atoms with Crippen LogP contribution in [0, 0.1) is 17.2 Å². The molecule has 1 aromatic heterocycles. The molecule has 3 atom stereocenters. The summed E-state index contributed by atoms with van der Waals surface area (Å²) >= 11 is 0. The Morgan fingerprint density at radius 2 is 2.14 bits per heavy atom. The third-order valence-electron chi connectivity index (χ3n) is 4.64. The van der Waals surface area contributed by atoms with Gasteiger partial charge < -0.3 is 14.6 Å². The van der Waals surface area contributed by atoms with Gasteiger partial charge in [-0.05, 0) is 30.5 Å². The number of nitriles is 1. The number of pyridine rings is 1. The van der Waals surface area contributed by atoms with Crippen LogP contribution in [0.5, 0.6) is 0 Å². The molecule has 0 saturated carbocycles. The van der Waals surface area contributed by atoms with Gasteiger partial charge in [0.2, 0.25) is 0 Å². The summed E-state index contributed by atoms with van der Waals surface area (Å²) in [6.45, 7) is 0.466. The van der Waals surface area contributed by atoms with E-state index >= 15 is 0 Å². The summed E-state index contributed by atoms with van der Waals surface area (Å²) in [5.41, 5.74) is 2.20. The van der Waals surface area contributed by atoms with E-state index in [2.05, 4.69) is 11.1 Å². The molecule has 3 rings (SSSR count). The fraction of sp³-hybridized carbons (Fsp3) is 0.318. The lowest BCUT2D eigenvalue weighted by atomic mass is 9.92. The van der Waals surface area contributed by atoms with Gasteiger partial charge in [0, 0.05) is 30.3 Å². The second kappa shape index (κ2) is 9.79. The Kier molecular flexibility index (Phi) is 6.90. The van der Waals surface area contributed by atoms with Gasteiger partial charge >= 0.3 is 5.97 Å². The Balaban J connectivity index is 1.75. The van der Waals surface area contributed by atoms with Gasteiger partial charge in [-0.3, -0.25) is 9.78 Å². The number of benzene rings is 1. The number of carbonyl (C=O) groups is 1. The van der Waals surface area contributed by atoms with E-state index in [1.165, 1.54) is 0 Å².